The monoisotopic (exact) mass is 398 g/mol. The van der Waals surface area contributed by atoms with E-state index >= 15 is 0 Å². The topological polar surface area (TPSA) is 93.1 Å². The van der Waals surface area contributed by atoms with Crippen molar-refractivity contribution >= 4 is 27.3 Å². The zero-order valence-corrected chi connectivity index (χ0v) is 16.5. The summed E-state index contributed by atoms with van der Waals surface area (Å²) < 4.78 is 29.1. The second kappa shape index (κ2) is 8.26. The van der Waals surface area contributed by atoms with Gasteiger partial charge in [0, 0.05) is 31.0 Å². The molecule has 8 heteroatoms. The van der Waals surface area contributed by atoms with Crippen LogP contribution < -0.4 is 10.0 Å². The Hall–Kier alpha value is -3.13. The van der Waals surface area contributed by atoms with Crippen LogP contribution >= 0.6 is 0 Å². The predicted octanol–water partition coefficient (Wildman–Crippen LogP) is 3.10. The zero-order chi connectivity index (χ0) is 20.1. The molecule has 1 heterocycles. The summed E-state index contributed by atoms with van der Waals surface area (Å²) in [5.74, 6) is -0.114. The smallest absolute Gasteiger partial charge is 0.261 e. The Morgan fingerprint density at radius 2 is 1.68 bits per heavy atom. The fourth-order valence-corrected chi connectivity index (χ4v) is 3.69. The standard InChI is InChI=1S/C20H22N4O3S/c1-15-3-10-19(11-4-15)28(26,27)23-18-8-6-17(7-9-18)22-20(25)12-5-16-13-21-24(2)14-16/h3-4,6-11,13-14,23H,5,12H2,1-2H3,(H,22,25). The lowest BCUT2D eigenvalue weighted by molar-refractivity contribution is -0.116. The Labute approximate surface area is 164 Å². The van der Waals surface area contributed by atoms with Gasteiger partial charge in [0.05, 0.1) is 11.1 Å². The highest BCUT2D eigenvalue weighted by Gasteiger charge is 2.13. The summed E-state index contributed by atoms with van der Waals surface area (Å²) in [7, 11) is -1.82. The maximum Gasteiger partial charge on any atom is 0.261 e. The minimum Gasteiger partial charge on any atom is -0.326 e. The van der Waals surface area contributed by atoms with Crippen LogP contribution in [0.3, 0.4) is 0 Å². The summed E-state index contributed by atoms with van der Waals surface area (Å²) >= 11 is 0. The number of carbonyl (C=O) groups is 1. The third kappa shape index (κ3) is 5.20. The Balaban J connectivity index is 1.57. The van der Waals surface area contributed by atoms with E-state index in [1.807, 2.05) is 20.2 Å². The van der Waals surface area contributed by atoms with Crippen LogP contribution in [0.4, 0.5) is 11.4 Å². The minimum absolute atomic E-state index is 0.114. The molecule has 2 N–H and O–H groups in total. The summed E-state index contributed by atoms with van der Waals surface area (Å²) in [6.45, 7) is 1.90. The number of aryl methyl sites for hydroxylation is 3. The zero-order valence-electron chi connectivity index (χ0n) is 15.7. The van der Waals surface area contributed by atoms with E-state index in [0.29, 0.717) is 24.2 Å². The van der Waals surface area contributed by atoms with Gasteiger partial charge in [-0.2, -0.15) is 5.10 Å². The normalized spacial score (nSPS) is 11.2. The molecule has 1 aromatic heterocycles. The molecule has 0 aliphatic heterocycles. The molecule has 28 heavy (non-hydrogen) atoms. The molecule has 0 aliphatic rings. The van der Waals surface area contributed by atoms with Gasteiger partial charge in [-0.1, -0.05) is 17.7 Å². The molecular weight excluding hydrogens is 376 g/mol. The Bertz CT molecular complexity index is 1060. The van der Waals surface area contributed by atoms with E-state index in [4.69, 9.17) is 0 Å². The quantitative estimate of drug-likeness (QED) is 0.640. The summed E-state index contributed by atoms with van der Waals surface area (Å²) in [5.41, 5.74) is 3.02. The second-order valence-corrected chi connectivity index (χ2v) is 8.25. The first kappa shape index (κ1) is 19.6. The lowest BCUT2D eigenvalue weighted by Gasteiger charge is -2.10. The molecule has 0 saturated heterocycles. The number of carbonyl (C=O) groups excluding carboxylic acids is 1. The molecular formula is C20H22N4O3S. The van der Waals surface area contributed by atoms with E-state index in [-0.39, 0.29) is 10.8 Å². The Kier molecular flexibility index (Phi) is 5.79. The van der Waals surface area contributed by atoms with Crippen molar-refractivity contribution in [2.45, 2.75) is 24.7 Å². The molecule has 3 rings (SSSR count). The van der Waals surface area contributed by atoms with Crippen LogP contribution in [0.25, 0.3) is 0 Å². The van der Waals surface area contributed by atoms with E-state index in [0.717, 1.165) is 11.1 Å². The highest BCUT2D eigenvalue weighted by molar-refractivity contribution is 7.92. The first-order chi connectivity index (χ1) is 13.3. The fraction of sp³-hybridized carbons (Fsp3) is 0.200. The van der Waals surface area contributed by atoms with Crippen molar-refractivity contribution in [1.29, 1.82) is 0 Å². The van der Waals surface area contributed by atoms with Crippen LogP contribution in [0, 0.1) is 6.92 Å². The number of amides is 1. The predicted molar refractivity (Wildman–Crippen MR) is 109 cm³/mol. The molecule has 0 spiro atoms. The van der Waals surface area contributed by atoms with Gasteiger partial charge in [-0.15, -0.1) is 0 Å². The van der Waals surface area contributed by atoms with Gasteiger partial charge in [0.15, 0.2) is 0 Å². The number of rotatable bonds is 7. The maximum atomic E-state index is 12.4. The minimum atomic E-state index is -3.65. The van der Waals surface area contributed by atoms with Crippen molar-refractivity contribution < 1.29 is 13.2 Å². The molecule has 0 aliphatic carbocycles. The first-order valence-corrected chi connectivity index (χ1v) is 10.3. The molecule has 146 valence electrons. The summed E-state index contributed by atoms with van der Waals surface area (Å²) in [5, 5.41) is 6.88. The molecule has 7 nitrogen and oxygen atoms in total. The third-order valence-electron chi connectivity index (χ3n) is 4.15. The van der Waals surface area contributed by atoms with E-state index in [2.05, 4.69) is 15.1 Å². The molecule has 0 bridgehead atoms. The van der Waals surface area contributed by atoms with Gasteiger partial charge in [-0.3, -0.25) is 14.2 Å². The molecule has 0 radical (unpaired) electrons. The first-order valence-electron chi connectivity index (χ1n) is 8.79. The van der Waals surface area contributed by atoms with Gasteiger partial charge < -0.3 is 5.32 Å². The Morgan fingerprint density at radius 3 is 2.29 bits per heavy atom. The SMILES string of the molecule is Cc1ccc(S(=O)(=O)Nc2ccc(NC(=O)CCc3cnn(C)c3)cc2)cc1. The van der Waals surface area contributed by atoms with Gasteiger partial charge in [0.1, 0.15) is 0 Å². The number of benzene rings is 2. The van der Waals surface area contributed by atoms with E-state index in [1.165, 1.54) is 0 Å². The molecule has 0 unspecified atom stereocenters. The number of nitrogens with one attached hydrogen (secondary N) is 2. The van der Waals surface area contributed by atoms with Crippen molar-refractivity contribution in [2.75, 3.05) is 10.0 Å². The maximum absolute atomic E-state index is 12.4. The number of hydrogen-bond donors (Lipinski definition) is 2. The van der Waals surface area contributed by atoms with Gasteiger partial charge in [-0.05, 0) is 55.3 Å². The highest BCUT2D eigenvalue weighted by atomic mass is 32.2. The highest BCUT2D eigenvalue weighted by Crippen LogP contribution is 2.19. The van der Waals surface area contributed by atoms with E-state index < -0.39 is 10.0 Å². The molecule has 0 fully saturated rings. The molecule has 1 amide bonds. The van der Waals surface area contributed by atoms with Crippen LogP contribution in [0.2, 0.25) is 0 Å². The largest absolute Gasteiger partial charge is 0.326 e. The van der Waals surface area contributed by atoms with Crippen molar-refractivity contribution in [3.8, 4) is 0 Å². The van der Waals surface area contributed by atoms with E-state index in [1.54, 1.807) is 59.4 Å². The summed E-state index contributed by atoms with van der Waals surface area (Å²) in [6, 6.07) is 13.2. The number of sulfonamides is 1. The van der Waals surface area contributed by atoms with Crippen LogP contribution in [0.1, 0.15) is 17.5 Å². The van der Waals surface area contributed by atoms with Crippen molar-refractivity contribution in [2.24, 2.45) is 7.05 Å². The summed E-state index contributed by atoms with van der Waals surface area (Å²) in [4.78, 5) is 12.3. The molecule has 3 aromatic rings. The molecule has 0 saturated carbocycles. The molecule has 2 aromatic carbocycles. The number of aromatic nitrogens is 2. The van der Waals surface area contributed by atoms with Crippen molar-refractivity contribution in [1.82, 2.24) is 9.78 Å². The third-order valence-corrected chi connectivity index (χ3v) is 5.55. The molecule has 0 atom stereocenters. The fourth-order valence-electron chi connectivity index (χ4n) is 2.64. The van der Waals surface area contributed by atoms with Crippen molar-refractivity contribution in [3.05, 3.63) is 72.1 Å². The second-order valence-electron chi connectivity index (χ2n) is 6.57. The van der Waals surface area contributed by atoms with E-state index in [9.17, 15) is 13.2 Å². The summed E-state index contributed by atoms with van der Waals surface area (Å²) in [6.07, 6.45) is 4.56. The van der Waals surface area contributed by atoms with Gasteiger partial charge in [0.2, 0.25) is 5.91 Å². The van der Waals surface area contributed by atoms with Crippen LogP contribution in [-0.4, -0.2) is 24.1 Å². The average molecular weight is 398 g/mol. The van der Waals surface area contributed by atoms with Crippen LogP contribution in [0.15, 0.2) is 65.8 Å². The van der Waals surface area contributed by atoms with Crippen LogP contribution in [-0.2, 0) is 28.3 Å². The number of hydrogen-bond acceptors (Lipinski definition) is 4. The average Bonchev–Trinajstić information content (AvgIpc) is 3.07. The van der Waals surface area contributed by atoms with Crippen molar-refractivity contribution in [3.63, 3.8) is 0 Å². The Morgan fingerprint density at radius 1 is 1.04 bits per heavy atom. The lowest BCUT2D eigenvalue weighted by atomic mass is 10.2. The van der Waals surface area contributed by atoms with Crippen LogP contribution in [0.5, 0.6) is 0 Å². The number of anilines is 2. The lowest BCUT2D eigenvalue weighted by Crippen LogP contribution is -2.14. The number of nitrogens with zero attached hydrogens (tertiary/aromatic N) is 2. The van der Waals surface area contributed by atoms with Gasteiger partial charge in [-0.25, -0.2) is 8.42 Å². The van der Waals surface area contributed by atoms with Gasteiger partial charge in [0.25, 0.3) is 10.0 Å². The van der Waals surface area contributed by atoms with Gasteiger partial charge >= 0.3 is 0 Å².